The highest BCUT2D eigenvalue weighted by molar-refractivity contribution is 5.75. The second-order valence-electron chi connectivity index (χ2n) is 5.80. The van der Waals surface area contributed by atoms with Gasteiger partial charge in [0.1, 0.15) is 0 Å². The normalized spacial score (nSPS) is 26.0. The van der Waals surface area contributed by atoms with Crippen LogP contribution in [0.1, 0.15) is 38.2 Å². The Morgan fingerprint density at radius 2 is 2.10 bits per heavy atom. The molecule has 0 spiro atoms. The van der Waals surface area contributed by atoms with E-state index in [1.807, 2.05) is 30.3 Å². The van der Waals surface area contributed by atoms with Crippen LogP contribution in [-0.2, 0) is 6.54 Å². The molecule has 0 heterocycles. The minimum Gasteiger partial charge on any atom is -0.334 e. The summed E-state index contributed by atoms with van der Waals surface area (Å²) < 4.78 is 0. The molecule has 0 radical (unpaired) electrons. The topological polar surface area (TPSA) is 67.1 Å². The molecule has 2 amide bonds. The van der Waals surface area contributed by atoms with Crippen LogP contribution in [0.15, 0.2) is 30.3 Å². The van der Waals surface area contributed by atoms with Crippen molar-refractivity contribution in [1.82, 2.24) is 10.6 Å². The van der Waals surface area contributed by atoms with Crippen LogP contribution in [0.25, 0.3) is 0 Å². The average Bonchev–Trinajstić information content (AvgIpc) is 2.49. The van der Waals surface area contributed by atoms with Crippen LogP contribution in [-0.4, -0.2) is 18.1 Å². The third-order valence-corrected chi connectivity index (χ3v) is 4.48. The Morgan fingerprint density at radius 1 is 1.35 bits per heavy atom. The van der Waals surface area contributed by atoms with Crippen molar-refractivity contribution in [2.45, 2.75) is 44.7 Å². The van der Waals surface area contributed by atoms with E-state index in [9.17, 15) is 4.79 Å². The molecule has 0 aromatic heterocycles. The lowest BCUT2D eigenvalue weighted by Crippen LogP contribution is -2.61. The molecule has 0 saturated heterocycles. The Bertz CT molecular complexity index is 435. The van der Waals surface area contributed by atoms with Crippen molar-refractivity contribution < 1.29 is 4.79 Å². The summed E-state index contributed by atoms with van der Waals surface area (Å²) in [5.41, 5.74) is 6.80. The highest BCUT2D eigenvalue weighted by atomic mass is 16.2. The quantitative estimate of drug-likeness (QED) is 0.790. The van der Waals surface area contributed by atoms with Gasteiger partial charge >= 0.3 is 6.03 Å². The molecule has 1 saturated carbocycles. The lowest BCUT2D eigenvalue weighted by molar-refractivity contribution is 0.160. The van der Waals surface area contributed by atoms with Gasteiger partial charge in [0.05, 0.1) is 5.54 Å². The zero-order chi connectivity index (χ0) is 14.4. The lowest BCUT2D eigenvalue weighted by Gasteiger charge is -2.42. The number of urea groups is 1. The van der Waals surface area contributed by atoms with Crippen molar-refractivity contribution in [3.63, 3.8) is 0 Å². The molecule has 1 aliphatic carbocycles. The molecule has 4 N–H and O–H groups in total. The number of benzene rings is 1. The maximum Gasteiger partial charge on any atom is 0.315 e. The van der Waals surface area contributed by atoms with Gasteiger partial charge in [0, 0.05) is 13.1 Å². The predicted molar refractivity (Wildman–Crippen MR) is 81.2 cm³/mol. The van der Waals surface area contributed by atoms with Crippen LogP contribution in [0, 0.1) is 5.92 Å². The van der Waals surface area contributed by atoms with Crippen molar-refractivity contribution in [3.8, 4) is 0 Å². The van der Waals surface area contributed by atoms with Gasteiger partial charge in [-0.3, -0.25) is 0 Å². The van der Waals surface area contributed by atoms with Crippen molar-refractivity contribution in [2.24, 2.45) is 11.7 Å². The van der Waals surface area contributed by atoms with Gasteiger partial charge in [-0.15, -0.1) is 0 Å². The summed E-state index contributed by atoms with van der Waals surface area (Å²) in [5.74, 6) is 0.434. The second kappa shape index (κ2) is 6.75. The van der Waals surface area contributed by atoms with Crippen LogP contribution in [0.5, 0.6) is 0 Å². The fourth-order valence-electron chi connectivity index (χ4n) is 3.00. The Labute approximate surface area is 121 Å². The van der Waals surface area contributed by atoms with E-state index in [4.69, 9.17) is 5.73 Å². The molecule has 110 valence electrons. The summed E-state index contributed by atoms with van der Waals surface area (Å²) in [6, 6.07) is 9.80. The molecule has 0 aliphatic heterocycles. The van der Waals surface area contributed by atoms with Crippen molar-refractivity contribution in [2.75, 3.05) is 6.54 Å². The van der Waals surface area contributed by atoms with E-state index in [0.29, 0.717) is 19.0 Å². The second-order valence-corrected chi connectivity index (χ2v) is 5.80. The molecule has 4 nitrogen and oxygen atoms in total. The molecule has 1 aromatic carbocycles. The maximum absolute atomic E-state index is 12.1. The number of hydrogen-bond donors (Lipinski definition) is 3. The molecule has 2 unspecified atom stereocenters. The number of carbonyl (C=O) groups is 1. The molecule has 1 aliphatic rings. The molecule has 2 rings (SSSR count). The fraction of sp³-hybridized carbons (Fsp3) is 0.562. The molecule has 1 fully saturated rings. The van der Waals surface area contributed by atoms with E-state index < -0.39 is 0 Å². The van der Waals surface area contributed by atoms with E-state index in [1.165, 1.54) is 6.42 Å². The van der Waals surface area contributed by atoms with Gasteiger partial charge < -0.3 is 16.4 Å². The van der Waals surface area contributed by atoms with Crippen molar-refractivity contribution in [1.29, 1.82) is 0 Å². The Hall–Kier alpha value is -1.55. The summed E-state index contributed by atoms with van der Waals surface area (Å²) in [4.78, 5) is 12.1. The van der Waals surface area contributed by atoms with E-state index in [1.54, 1.807) is 0 Å². The van der Waals surface area contributed by atoms with Gasteiger partial charge in [-0.25, -0.2) is 4.79 Å². The molecule has 20 heavy (non-hydrogen) atoms. The van der Waals surface area contributed by atoms with Crippen LogP contribution >= 0.6 is 0 Å². The smallest absolute Gasteiger partial charge is 0.315 e. The van der Waals surface area contributed by atoms with Crippen molar-refractivity contribution >= 4 is 6.03 Å². The molecule has 0 bridgehead atoms. The van der Waals surface area contributed by atoms with Gasteiger partial charge in [-0.1, -0.05) is 50.1 Å². The molecular weight excluding hydrogens is 250 g/mol. The summed E-state index contributed by atoms with van der Waals surface area (Å²) in [6.07, 6.45) is 4.48. The van der Waals surface area contributed by atoms with E-state index in [2.05, 4.69) is 17.6 Å². The number of rotatable bonds is 4. The Kier molecular flexibility index (Phi) is 5.01. The van der Waals surface area contributed by atoms with Gasteiger partial charge in [-0.05, 0) is 24.3 Å². The van der Waals surface area contributed by atoms with Gasteiger partial charge in [0.25, 0.3) is 0 Å². The van der Waals surface area contributed by atoms with Crippen molar-refractivity contribution in [3.05, 3.63) is 35.9 Å². The third kappa shape index (κ3) is 3.51. The number of amides is 2. The van der Waals surface area contributed by atoms with Crippen LogP contribution in [0.3, 0.4) is 0 Å². The molecule has 2 atom stereocenters. The average molecular weight is 275 g/mol. The standard InChI is InChI=1S/C16H25N3O/c1-13-7-5-6-10-16(13,12-17)19-15(20)18-11-14-8-3-2-4-9-14/h2-4,8-9,13H,5-7,10-12,17H2,1H3,(H2,18,19,20). The van der Waals surface area contributed by atoms with Gasteiger partial charge in [-0.2, -0.15) is 0 Å². The largest absolute Gasteiger partial charge is 0.334 e. The minimum atomic E-state index is -0.237. The lowest BCUT2D eigenvalue weighted by atomic mass is 9.73. The number of nitrogens with two attached hydrogens (primary N) is 1. The number of nitrogens with one attached hydrogen (secondary N) is 2. The van der Waals surface area contributed by atoms with Crippen LogP contribution in [0.2, 0.25) is 0 Å². The number of carbonyl (C=O) groups excluding carboxylic acids is 1. The Morgan fingerprint density at radius 3 is 2.75 bits per heavy atom. The third-order valence-electron chi connectivity index (χ3n) is 4.48. The van der Waals surface area contributed by atoms with Gasteiger partial charge in [0.15, 0.2) is 0 Å². The summed E-state index contributed by atoms with van der Waals surface area (Å²) in [5, 5.41) is 6.05. The summed E-state index contributed by atoms with van der Waals surface area (Å²) in [7, 11) is 0. The first-order valence-corrected chi connectivity index (χ1v) is 7.46. The molecule has 1 aromatic rings. The van der Waals surface area contributed by atoms with Gasteiger partial charge in [0.2, 0.25) is 0 Å². The fourth-order valence-corrected chi connectivity index (χ4v) is 3.00. The zero-order valence-corrected chi connectivity index (χ0v) is 12.2. The first kappa shape index (κ1) is 14.9. The SMILES string of the molecule is CC1CCCCC1(CN)NC(=O)NCc1ccccc1. The first-order chi connectivity index (χ1) is 9.66. The number of hydrogen-bond acceptors (Lipinski definition) is 2. The molecule has 4 heteroatoms. The highest BCUT2D eigenvalue weighted by Gasteiger charge is 2.38. The minimum absolute atomic E-state index is 0.118. The monoisotopic (exact) mass is 275 g/mol. The molecular formula is C16H25N3O. The first-order valence-electron chi connectivity index (χ1n) is 7.46. The van der Waals surface area contributed by atoms with Crippen LogP contribution < -0.4 is 16.4 Å². The zero-order valence-electron chi connectivity index (χ0n) is 12.2. The maximum atomic E-state index is 12.1. The van der Waals surface area contributed by atoms with E-state index >= 15 is 0 Å². The summed E-state index contributed by atoms with van der Waals surface area (Å²) in [6.45, 7) is 3.23. The van der Waals surface area contributed by atoms with E-state index in [-0.39, 0.29) is 11.6 Å². The predicted octanol–water partition coefficient (Wildman–Crippen LogP) is 2.39. The Balaban J connectivity index is 1.89. The van der Waals surface area contributed by atoms with E-state index in [0.717, 1.165) is 24.8 Å². The summed E-state index contributed by atoms with van der Waals surface area (Å²) >= 11 is 0. The van der Waals surface area contributed by atoms with Crippen LogP contribution in [0.4, 0.5) is 4.79 Å². The highest BCUT2D eigenvalue weighted by Crippen LogP contribution is 2.32.